The van der Waals surface area contributed by atoms with E-state index in [1.807, 2.05) is 30.3 Å². The third-order valence-corrected chi connectivity index (χ3v) is 5.11. The molecule has 0 atom stereocenters. The molecule has 7 nitrogen and oxygen atoms in total. The van der Waals surface area contributed by atoms with Crippen LogP contribution in [0.3, 0.4) is 0 Å². The summed E-state index contributed by atoms with van der Waals surface area (Å²) in [5.74, 6) is 0.407. The molecule has 0 saturated carbocycles. The summed E-state index contributed by atoms with van der Waals surface area (Å²) in [4.78, 5) is 22.9. The van der Waals surface area contributed by atoms with Crippen LogP contribution in [0.5, 0.6) is 0 Å². The number of nitrogens with zero attached hydrogens (tertiary/aromatic N) is 3. The zero-order valence-electron chi connectivity index (χ0n) is 16.1. The molecule has 2 aromatic carbocycles. The minimum atomic E-state index is -0.105. The number of fused-ring (bicyclic) bond motifs is 1. The number of hydrogen-bond acceptors (Lipinski definition) is 6. The van der Waals surface area contributed by atoms with Crippen molar-refractivity contribution in [1.82, 2.24) is 14.9 Å². The average molecular weight is 456 g/mol. The average Bonchev–Trinajstić information content (AvgIpc) is 2.68. The third-order valence-electron chi connectivity index (χ3n) is 4.62. The molecular weight excluding hydrogens is 434 g/mol. The quantitative estimate of drug-likeness (QED) is 0.606. The van der Waals surface area contributed by atoms with Crippen LogP contribution in [-0.2, 0) is 16.1 Å². The van der Waals surface area contributed by atoms with Crippen molar-refractivity contribution in [1.29, 1.82) is 0 Å². The third kappa shape index (κ3) is 5.29. The van der Waals surface area contributed by atoms with Gasteiger partial charge in [0.25, 0.3) is 0 Å². The Labute approximate surface area is 177 Å². The molecule has 1 aliphatic heterocycles. The van der Waals surface area contributed by atoms with Crippen LogP contribution < -0.4 is 10.6 Å². The summed E-state index contributed by atoms with van der Waals surface area (Å²) in [5.41, 5.74) is 3.54. The van der Waals surface area contributed by atoms with Crippen molar-refractivity contribution in [3.63, 3.8) is 0 Å². The number of ether oxygens (including phenoxy) is 1. The van der Waals surface area contributed by atoms with Crippen molar-refractivity contribution in [2.75, 3.05) is 36.9 Å². The molecule has 1 aliphatic rings. The smallest absolute Gasteiger partial charge is 0.227 e. The number of carbonyl (C=O) groups is 1. The lowest BCUT2D eigenvalue weighted by molar-refractivity contribution is -0.114. The van der Waals surface area contributed by atoms with E-state index in [2.05, 4.69) is 47.5 Å². The monoisotopic (exact) mass is 455 g/mol. The molecule has 2 heterocycles. The molecule has 0 radical (unpaired) electrons. The highest BCUT2D eigenvalue weighted by molar-refractivity contribution is 9.10. The molecule has 8 heteroatoms. The standard InChI is InChI=1S/C21H22BrN5O2/c1-14(28)24-18-8-15(13-27-4-6-29-7-5-27)9-19(11-18)25-21-23-12-16-10-17(22)2-3-20(16)26-21/h2-3,8-12H,4-7,13H2,1H3,(H,24,28)(H,23,25,26). The van der Waals surface area contributed by atoms with Gasteiger partial charge in [-0.25, -0.2) is 9.97 Å². The number of aromatic nitrogens is 2. The number of carbonyl (C=O) groups excluding carboxylic acids is 1. The normalized spacial score (nSPS) is 14.7. The molecule has 0 bridgehead atoms. The molecule has 150 valence electrons. The van der Waals surface area contributed by atoms with E-state index in [0.717, 1.165) is 65.2 Å². The van der Waals surface area contributed by atoms with Gasteiger partial charge in [-0.05, 0) is 42.0 Å². The highest BCUT2D eigenvalue weighted by Gasteiger charge is 2.12. The Morgan fingerprint density at radius 3 is 2.76 bits per heavy atom. The topological polar surface area (TPSA) is 79.4 Å². The van der Waals surface area contributed by atoms with Crippen molar-refractivity contribution < 1.29 is 9.53 Å². The van der Waals surface area contributed by atoms with Gasteiger partial charge in [-0.1, -0.05) is 15.9 Å². The molecule has 4 rings (SSSR count). The number of rotatable bonds is 5. The summed E-state index contributed by atoms with van der Waals surface area (Å²) < 4.78 is 6.42. The summed E-state index contributed by atoms with van der Waals surface area (Å²) in [6.07, 6.45) is 1.79. The summed E-state index contributed by atoms with van der Waals surface area (Å²) in [6, 6.07) is 11.8. The Hall–Kier alpha value is -2.55. The van der Waals surface area contributed by atoms with Crippen molar-refractivity contribution in [2.45, 2.75) is 13.5 Å². The summed E-state index contributed by atoms with van der Waals surface area (Å²) in [5, 5.41) is 7.11. The molecule has 1 fully saturated rings. The maximum atomic E-state index is 11.6. The van der Waals surface area contributed by atoms with E-state index in [4.69, 9.17) is 4.74 Å². The van der Waals surface area contributed by atoms with Crippen LogP contribution in [0.4, 0.5) is 17.3 Å². The number of halogens is 1. The predicted molar refractivity (Wildman–Crippen MR) is 117 cm³/mol. The van der Waals surface area contributed by atoms with E-state index in [-0.39, 0.29) is 5.91 Å². The SMILES string of the molecule is CC(=O)Nc1cc(CN2CCOCC2)cc(Nc2ncc3cc(Br)ccc3n2)c1. The Balaban J connectivity index is 1.60. The van der Waals surface area contributed by atoms with Gasteiger partial charge >= 0.3 is 0 Å². The number of hydrogen-bond donors (Lipinski definition) is 2. The fraction of sp³-hybridized carbons (Fsp3) is 0.286. The Morgan fingerprint density at radius 1 is 1.17 bits per heavy atom. The number of anilines is 3. The van der Waals surface area contributed by atoms with Crippen LogP contribution in [0.2, 0.25) is 0 Å². The van der Waals surface area contributed by atoms with Crippen LogP contribution >= 0.6 is 15.9 Å². The van der Waals surface area contributed by atoms with E-state index in [9.17, 15) is 4.79 Å². The Kier molecular flexibility index (Phi) is 6.03. The first-order valence-corrected chi connectivity index (χ1v) is 10.3. The van der Waals surface area contributed by atoms with Crippen molar-refractivity contribution >= 4 is 50.1 Å². The van der Waals surface area contributed by atoms with E-state index >= 15 is 0 Å². The number of benzene rings is 2. The van der Waals surface area contributed by atoms with Gasteiger partial charge < -0.3 is 15.4 Å². The molecule has 3 aromatic rings. The summed E-state index contributed by atoms with van der Waals surface area (Å²) in [7, 11) is 0. The second kappa shape index (κ2) is 8.86. The zero-order valence-corrected chi connectivity index (χ0v) is 17.7. The molecule has 0 unspecified atom stereocenters. The van der Waals surface area contributed by atoms with Gasteiger partial charge in [0, 0.05) is 54.0 Å². The summed E-state index contributed by atoms with van der Waals surface area (Å²) in [6.45, 7) is 5.59. The van der Waals surface area contributed by atoms with Crippen LogP contribution in [0.25, 0.3) is 10.9 Å². The fourth-order valence-corrected chi connectivity index (χ4v) is 3.72. The second-order valence-corrected chi connectivity index (χ2v) is 7.93. The maximum absolute atomic E-state index is 11.6. The second-order valence-electron chi connectivity index (χ2n) is 7.01. The molecule has 0 spiro atoms. The first kappa shape index (κ1) is 19.8. The van der Waals surface area contributed by atoms with E-state index in [1.165, 1.54) is 6.92 Å². The van der Waals surface area contributed by atoms with Crippen LogP contribution in [0.1, 0.15) is 12.5 Å². The largest absolute Gasteiger partial charge is 0.379 e. The molecule has 1 aromatic heterocycles. The first-order valence-electron chi connectivity index (χ1n) is 9.46. The van der Waals surface area contributed by atoms with Gasteiger partial charge in [0.05, 0.1) is 18.7 Å². The van der Waals surface area contributed by atoms with Gasteiger partial charge in [0.15, 0.2) is 0 Å². The van der Waals surface area contributed by atoms with Crippen LogP contribution in [0, 0.1) is 0 Å². The van der Waals surface area contributed by atoms with Gasteiger partial charge in [0.1, 0.15) is 0 Å². The van der Waals surface area contributed by atoms with Gasteiger partial charge in [-0.2, -0.15) is 0 Å². The zero-order chi connectivity index (χ0) is 20.2. The van der Waals surface area contributed by atoms with E-state index in [0.29, 0.717) is 5.95 Å². The Bertz CT molecular complexity index is 1040. The van der Waals surface area contributed by atoms with E-state index < -0.39 is 0 Å². The van der Waals surface area contributed by atoms with E-state index in [1.54, 1.807) is 6.20 Å². The lowest BCUT2D eigenvalue weighted by Crippen LogP contribution is -2.35. The molecular formula is C21H22BrN5O2. The molecule has 2 N–H and O–H groups in total. The minimum absolute atomic E-state index is 0.105. The minimum Gasteiger partial charge on any atom is -0.379 e. The lowest BCUT2D eigenvalue weighted by atomic mass is 10.1. The number of nitrogens with one attached hydrogen (secondary N) is 2. The Morgan fingerprint density at radius 2 is 1.97 bits per heavy atom. The maximum Gasteiger partial charge on any atom is 0.227 e. The number of morpholine rings is 1. The van der Waals surface area contributed by atoms with Crippen LogP contribution in [-0.4, -0.2) is 47.1 Å². The summed E-state index contributed by atoms with van der Waals surface area (Å²) >= 11 is 3.46. The molecule has 1 amide bonds. The van der Waals surface area contributed by atoms with Crippen LogP contribution in [0.15, 0.2) is 47.1 Å². The predicted octanol–water partition coefficient (Wildman–Crippen LogP) is 3.93. The van der Waals surface area contributed by atoms with Gasteiger partial charge in [-0.3, -0.25) is 9.69 Å². The van der Waals surface area contributed by atoms with Gasteiger partial charge in [-0.15, -0.1) is 0 Å². The first-order chi connectivity index (χ1) is 14.0. The lowest BCUT2D eigenvalue weighted by Gasteiger charge is -2.27. The highest BCUT2D eigenvalue weighted by atomic mass is 79.9. The highest BCUT2D eigenvalue weighted by Crippen LogP contribution is 2.24. The van der Waals surface area contributed by atoms with Crippen molar-refractivity contribution in [3.05, 3.63) is 52.6 Å². The van der Waals surface area contributed by atoms with Crippen molar-refractivity contribution in [3.8, 4) is 0 Å². The van der Waals surface area contributed by atoms with Crippen molar-refractivity contribution in [2.24, 2.45) is 0 Å². The molecule has 0 aliphatic carbocycles. The molecule has 1 saturated heterocycles. The molecule has 29 heavy (non-hydrogen) atoms. The fourth-order valence-electron chi connectivity index (χ4n) is 3.34. The number of amides is 1. The van der Waals surface area contributed by atoms with Gasteiger partial charge in [0.2, 0.25) is 11.9 Å².